The summed E-state index contributed by atoms with van der Waals surface area (Å²) in [4.78, 5) is 31.4. The number of aromatic nitrogens is 2. The Morgan fingerprint density at radius 3 is 2.89 bits per heavy atom. The molecule has 2 rings (SSSR count). The Morgan fingerprint density at radius 2 is 2.21 bits per heavy atom. The third kappa shape index (κ3) is 3.16. The Balaban J connectivity index is 2.17. The van der Waals surface area contributed by atoms with Crippen molar-refractivity contribution in [3.8, 4) is 0 Å². The van der Waals surface area contributed by atoms with Crippen LogP contribution in [0.2, 0.25) is 0 Å². The standard InChI is InChI=1S/C12H14N2O3S2/c1-6-7(2)19-11-9(6)10(17)13-12(14-11)18-5-3-4-8(15)16/h3-5H2,1-2H3,(H,15,16)(H,13,14,17). The molecule has 2 heterocycles. The first-order valence-electron chi connectivity index (χ1n) is 5.83. The number of rotatable bonds is 5. The van der Waals surface area contributed by atoms with Gasteiger partial charge >= 0.3 is 5.97 Å². The fourth-order valence-corrected chi connectivity index (χ4v) is 3.59. The summed E-state index contributed by atoms with van der Waals surface area (Å²) in [5.41, 5.74) is 0.865. The van der Waals surface area contributed by atoms with Gasteiger partial charge in [-0.05, 0) is 25.8 Å². The summed E-state index contributed by atoms with van der Waals surface area (Å²) in [5, 5.41) is 9.77. The van der Waals surface area contributed by atoms with Gasteiger partial charge in [0.25, 0.3) is 5.56 Å². The number of carbonyl (C=O) groups is 1. The van der Waals surface area contributed by atoms with Gasteiger partial charge in [0.2, 0.25) is 0 Å². The van der Waals surface area contributed by atoms with Crippen molar-refractivity contribution in [3.63, 3.8) is 0 Å². The third-order valence-electron chi connectivity index (χ3n) is 2.79. The number of aliphatic carboxylic acids is 1. The summed E-state index contributed by atoms with van der Waals surface area (Å²) < 4.78 is 0. The molecule has 0 fully saturated rings. The molecule has 0 atom stereocenters. The van der Waals surface area contributed by atoms with Gasteiger partial charge in [0.1, 0.15) is 4.83 Å². The molecule has 0 amide bonds. The SMILES string of the molecule is Cc1sc2nc(SCCCC(=O)O)[nH]c(=O)c2c1C. The zero-order valence-corrected chi connectivity index (χ0v) is 12.3. The smallest absolute Gasteiger partial charge is 0.303 e. The molecule has 0 aliphatic heterocycles. The van der Waals surface area contributed by atoms with Crippen LogP contribution >= 0.6 is 23.1 Å². The largest absolute Gasteiger partial charge is 0.481 e. The monoisotopic (exact) mass is 298 g/mol. The van der Waals surface area contributed by atoms with Crippen molar-refractivity contribution in [2.45, 2.75) is 31.8 Å². The van der Waals surface area contributed by atoms with E-state index in [1.54, 1.807) is 0 Å². The maximum atomic E-state index is 12.0. The van der Waals surface area contributed by atoms with E-state index in [0.717, 1.165) is 15.3 Å². The summed E-state index contributed by atoms with van der Waals surface area (Å²) in [6, 6.07) is 0. The van der Waals surface area contributed by atoms with E-state index < -0.39 is 5.97 Å². The van der Waals surface area contributed by atoms with Crippen molar-refractivity contribution < 1.29 is 9.90 Å². The van der Waals surface area contributed by atoms with Crippen molar-refractivity contribution >= 4 is 39.3 Å². The fourth-order valence-electron chi connectivity index (χ4n) is 1.70. The molecule has 0 unspecified atom stereocenters. The fraction of sp³-hybridized carbons (Fsp3) is 0.417. The molecule has 0 aromatic carbocycles. The maximum Gasteiger partial charge on any atom is 0.303 e. The number of aryl methyl sites for hydroxylation is 2. The zero-order valence-electron chi connectivity index (χ0n) is 10.6. The van der Waals surface area contributed by atoms with Gasteiger partial charge in [-0.25, -0.2) is 4.98 Å². The first-order chi connectivity index (χ1) is 8.99. The average molecular weight is 298 g/mol. The molecule has 19 heavy (non-hydrogen) atoms. The normalized spacial score (nSPS) is 11.1. The highest BCUT2D eigenvalue weighted by atomic mass is 32.2. The molecule has 7 heteroatoms. The summed E-state index contributed by atoms with van der Waals surface area (Å²) >= 11 is 2.90. The molecule has 5 nitrogen and oxygen atoms in total. The maximum absolute atomic E-state index is 12.0. The number of hydrogen-bond acceptors (Lipinski definition) is 5. The number of fused-ring (bicyclic) bond motifs is 1. The Bertz CT molecular complexity index is 675. The lowest BCUT2D eigenvalue weighted by Crippen LogP contribution is -2.09. The molecule has 0 aliphatic carbocycles. The van der Waals surface area contributed by atoms with Crippen LogP contribution in [0.4, 0.5) is 0 Å². The molecule has 0 spiro atoms. The Labute approximate surface area is 118 Å². The number of carboxylic acids is 1. The highest BCUT2D eigenvalue weighted by Gasteiger charge is 2.11. The number of thiophene rings is 1. The second kappa shape index (κ2) is 5.75. The highest BCUT2D eigenvalue weighted by molar-refractivity contribution is 7.99. The van der Waals surface area contributed by atoms with Crippen molar-refractivity contribution in [2.75, 3.05) is 5.75 Å². The van der Waals surface area contributed by atoms with Crippen LogP contribution in [-0.4, -0.2) is 26.8 Å². The first-order valence-corrected chi connectivity index (χ1v) is 7.64. The minimum atomic E-state index is -0.804. The molecular formula is C12H14N2O3S2. The molecule has 0 radical (unpaired) electrons. The van der Waals surface area contributed by atoms with Gasteiger partial charge in [0, 0.05) is 17.1 Å². The van der Waals surface area contributed by atoms with Crippen molar-refractivity contribution in [3.05, 3.63) is 20.8 Å². The van der Waals surface area contributed by atoms with Gasteiger partial charge in [-0.15, -0.1) is 11.3 Å². The predicted octanol–water partition coefficient (Wildman–Crippen LogP) is 2.56. The van der Waals surface area contributed by atoms with E-state index in [0.29, 0.717) is 22.7 Å². The van der Waals surface area contributed by atoms with Crippen molar-refractivity contribution in [1.29, 1.82) is 0 Å². The van der Waals surface area contributed by atoms with Crippen LogP contribution in [0.1, 0.15) is 23.3 Å². The lowest BCUT2D eigenvalue weighted by Gasteiger charge is -2.00. The topological polar surface area (TPSA) is 83.0 Å². The Morgan fingerprint density at radius 1 is 1.47 bits per heavy atom. The van der Waals surface area contributed by atoms with E-state index in [2.05, 4.69) is 9.97 Å². The molecule has 0 aliphatic rings. The lowest BCUT2D eigenvalue weighted by molar-refractivity contribution is -0.137. The van der Waals surface area contributed by atoms with Gasteiger partial charge in [-0.3, -0.25) is 9.59 Å². The number of hydrogen-bond donors (Lipinski definition) is 2. The van der Waals surface area contributed by atoms with Crippen LogP contribution in [-0.2, 0) is 4.79 Å². The Hall–Kier alpha value is -1.34. The van der Waals surface area contributed by atoms with Gasteiger partial charge in [0.15, 0.2) is 5.16 Å². The highest BCUT2D eigenvalue weighted by Crippen LogP contribution is 2.27. The van der Waals surface area contributed by atoms with E-state index >= 15 is 0 Å². The molecule has 2 N–H and O–H groups in total. The number of nitrogens with zero attached hydrogens (tertiary/aromatic N) is 1. The summed E-state index contributed by atoms with van der Waals surface area (Å²) in [6.07, 6.45) is 0.695. The molecule has 2 aromatic rings. The van der Waals surface area contributed by atoms with E-state index in [1.165, 1.54) is 23.1 Å². The number of carboxylic acid groups (broad SMARTS) is 1. The van der Waals surface area contributed by atoms with E-state index in [1.807, 2.05) is 13.8 Å². The quantitative estimate of drug-likeness (QED) is 0.503. The summed E-state index contributed by atoms with van der Waals surface area (Å²) in [6.45, 7) is 3.89. The van der Waals surface area contributed by atoms with Crippen molar-refractivity contribution in [2.24, 2.45) is 0 Å². The number of thioether (sulfide) groups is 1. The van der Waals surface area contributed by atoms with Crippen LogP contribution in [0.25, 0.3) is 10.2 Å². The lowest BCUT2D eigenvalue weighted by atomic mass is 10.2. The predicted molar refractivity (Wildman–Crippen MR) is 77.3 cm³/mol. The molecule has 102 valence electrons. The van der Waals surface area contributed by atoms with Gasteiger partial charge in [0.05, 0.1) is 5.39 Å². The van der Waals surface area contributed by atoms with E-state index in [9.17, 15) is 9.59 Å². The van der Waals surface area contributed by atoms with Gasteiger partial charge in [-0.1, -0.05) is 11.8 Å². The molecule has 0 saturated heterocycles. The van der Waals surface area contributed by atoms with Crippen LogP contribution < -0.4 is 5.56 Å². The minimum Gasteiger partial charge on any atom is -0.481 e. The van der Waals surface area contributed by atoms with Crippen LogP contribution in [0.3, 0.4) is 0 Å². The summed E-state index contributed by atoms with van der Waals surface area (Å²) in [7, 11) is 0. The van der Waals surface area contributed by atoms with E-state index in [4.69, 9.17) is 5.11 Å². The third-order valence-corrected chi connectivity index (χ3v) is 4.85. The minimum absolute atomic E-state index is 0.118. The van der Waals surface area contributed by atoms with Crippen LogP contribution in [0, 0.1) is 13.8 Å². The van der Waals surface area contributed by atoms with Crippen LogP contribution in [0.15, 0.2) is 9.95 Å². The van der Waals surface area contributed by atoms with Crippen LogP contribution in [0.5, 0.6) is 0 Å². The first kappa shape index (κ1) is 14.1. The number of H-pyrrole nitrogens is 1. The van der Waals surface area contributed by atoms with Crippen molar-refractivity contribution in [1.82, 2.24) is 9.97 Å². The molecule has 0 saturated carbocycles. The number of nitrogens with one attached hydrogen (secondary N) is 1. The molecular weight excluding hydrogens is 284 g/mol. The zero-order chi connectivity index (χ0) is 14.0. The molecule has 0 bridgehead atoms. The Kier molecular flexibility index (Phi) is 4.26. The second-order valence-corrected chi connectivity index (χ2v) is 6.47. The average Bonchev–Trinajstić information content (AvgIpc) is 2.61. The molecule has 2 aromatic heterocycles. The van der Waals surface area contributed by atoms with Gasteiger partial charge in [-0.2, -0.15) is 0 Å². The second-order valence-electron chi connectivity index (χ2n) is 4.18. The number of aromatic amines is 1. The van der Waals surface area contributed by atoms with E-state index in [-0.39, 0.29) is 12.0 Å². The van der Waals surface area contributed by atoms with Gasteiger partial charge < -0.3 is 10.1 Å². The summed E-state index contributed by atoms with van der Waals surface area (Å²) in [5.74, 6) is -0.175.